The summed E-state index contributed by atoms with van der Waals surface area (Å²) in [6.45, 7) is 13.8. The summed E-state index contributed by atoms with van der Waals surface area (Å²) in [6.07, 6.45) is 0. The Morgan fingerprint density at radius 2 is 1.80 bits per heavy atom. The van der Waals surface area contributed by atoms with Crippen LogP contribution in [0.1, 0.15) is 46.6 Å². The van der Waals surface area contributed by atoms with Gasteiger partial charge in [-0.2, -0.15) is 0 Å². The second-order valence-corrected chi connectivity index (χ2v) is 8.42. The Bertz CT molecular complexity index is 492. The maximum absolute atomic E-state index is 11.9. The van der Waals surface area contributed by atoms with Crippen molar-refractivity contribution in [3.63, 3.8) is 0 Å². The molecule has 5 nitrogen and oxygen atoms in total. The Morgan fingerprint density at radius 1 is 1.20 bits per heavy atom. The smallest absolute Gasteiger partial charge is 0.225 e. The summed E-state index contributed by atoms with van der Waals surface area (Å²) in [6, 6.07) is 0.226. The molecular formula is C14H24N4OS. The molecule has 0 unspecified atom stereocenters. The van der Waals surface area contributed by atoms with Gasteiger partial charge < -0.3 is 10.2 Å². The Labute approximate surface area is 124 Å². The molecular weight excluding hydrogens is 272 g/mol. The van der Waals surface area contributed by atoms with E-state index in [2.05, 4.69) is 41.2 Å². The number of hydrogen-bond donors (Lipinski definition) is 1. The molecule has 1 fully saturated rings. The zero-order valence-electron chi connectivity index (χ0n) is 13.1. The molecule has 1 amide bonds. The van der Waals surface area contributed by atoms with E-state index in [1.807, 2.05) is 20.8 Å². The normalized spacial score (nSPS) is 17.0. The average Bonchev–Trinajstić information content (AvgIpc) is 2.69. The highest BCUT2D eigenvalue weighted by Crippen LogP contribution is 2.31. The van der Waals surface area contributed by atoms with Gasteiger partial charge in [0.1, 0.15) is 5.01 Å². The summed E-state index contributed by atoms with van der Waals surface area (Å²) < 4.78 is 0. The Hall–Kier alpha value is -1.17. The van der Waals surface area contributed by atoms with Crippen molar-refractivity contribution in [3.8, 4) is 0 Å². The molecule has 6 heteroatoms. The van der Waals surface area contributed by atoms with Crippen molar-refractivity contribution in [2.75, 3.05) is 18.0 Å². The van der Waals surface area contributed by atoms with Gasteiger partial charge in [0.2, 0.25) is 11.0 Å². The minimum Gasteiger partial charge on any atom is -0.349 e. The highest BCUT2D eigenvalue weighted by Gasteiger charge is 2.33. The van der Waals surface area contributed by atoms with Gasteiger partial charge in [-0.1, -0.05) is 52.9 Å². The first-order chi connectivity index (χ1) is 9.07. The number of aromatic nitrogens is 2. The first kappa shape index (κ1) is 15.2. The lowest BCUT2D eigenvalue weighted by molar-refractivity contribution is -0.129. The van der Waals surface area contributed by atoms with Crippen molar-refractivity contribution >= 4 is 22.4 Å². The Kier molecular flexibility index (Phi) is 3.79. The summed E-state index contributed by atoms with van der Waals surface area (Å²) in [5.41, 5.74) is -0.288. The lowest BCUT2D eigenvalue weighted by atomic mass is 9.94. The molecule has 0 radical (unpaired) electrons. The number of amides is 1. The van der Waals surface area contributed by atoms with E-state index in [0.29, 0.717) is 0 Å². The minimum atomic E-state index is -0.331. The van der Waals surface area contributed by atoms with E-state index in [4.69, 9.17) is 0 Å². The number of rotatable bonds is 2. The molecule has 1 aromatic rings. The molecule has 1 aromatic heterocycles. The molecule has 1 N–H and O–H groups in total. The number of nitrogens with zero attached hydrogens (tertiary/aromatic N) is 3. The fraction of sp³-hybridized carbons (Fsp3) is 0.786. The topological polar surface area (TPSA) is 58.1 Å². The van der Waals surface area contributed by atoms with E-state index in [9.17, 15) is 4.79 Å². The third-order valence-electron chi connectivity index (χ3n) is 3.22. The van der Waals surface area contributed by atoms with E-state index >= 15 is 0 Å². The van der Waals surface area contributed by atoms with Crippen LogP contribution in [0.15, 0.2) is 0 Å². The van der Waals surface area contributed by atoms with Gasteiger partial charge in [-0.3, -0.25) is 4.79 Å². The van der Waals surface area contributed by atoms with Crippen molar-refractivity contribution in [2.24, 2.45) is 5.41 Å². The number of carbonyl (C=O) groups excluding carboxylic acids is 1. The van der Waals surface area contributed by atoms with Crippen LogP contribution in [0, 0.1) is 5.41 Å². The number of anilines is 1. The summed E-state index contributed by atoms with van der Waals surface area (Å²) in [5, 5.41) is 13.6. The van der Waals surface area contributed by atoms with Crippen LogP contribution < -0.4 is 10.2 Å². The second-order valence-electron chi connectivity index (χ2n) is 7.47. The molecule has 0 aromatic carbocycles. The van der Waals surface area contributed by atoms with Crippen molar-refractivity contribution < 1.29 is 4.79 Å². The summed E-state index contributed by atoms with van der Waals surface area (Å²) in [5.74, 6) is 0.106. The van der Waals surface area contributed by atoms with E-state index in [0.717, 1.165) is 23.2 Å². The van der Waals surface area contributed by atoms with Crippen LogP contribution in [0.3, 0.4) is 0 Å². The molecule has 1 aliphatic rings. The zero-order valence-corrected chi connectivity index (χ0v) is 14.0. The number of nitrogens with one attached hydrogen (secondary N) is 1. The molecule has 0 saturated carbocycles. The molecule has 2 rings (SSSR count). The van der Waals surface area contributed by atoms with Crippen LogP contribution >= 0.6 is 11.3 Å². The Morgan fingerprint density at radius 3 is 2.25 bits per heavy atom. The third-order valence-corrected chi connectivity index (χ3v) is 4.63. The van der Waals surface area contributed by atoms with Crippen LogP contribution in [0.4, 0.5) is 5.13 Å². The summed E-state index contributed by atoms with van der Waals surface area (Å²) in [7, 11) is 0. The number of hydrogen-bond acceptors (Lipinski definition) is 5. The van der Waals surface area contributed by atoms with Gasteiger partial charge in [0.15, 0.2) is 0 Å². The van der Waals surface area contributed by atoms with Crippen LogP contribution in [0.2, 0.25) is 0 Å². The maximum atomic E-state index is 11.9. The average molecular weight is 296 g/mol. The molecule has 20 heavy (non-hydrogen) atoms. The zero-order chi connectivity index (χ0) is 15.1. The van der Waals surface area contributed by atoms with Crippen molar-refractivity contribution in [2.45, 2.75) is 53.0 Å². The second kappa shape index (κ2) is 4.98. The van der Waals surface area contributed by atoms with Gasteiger partial charge in [-0.05, 0) is 0 Å². The predicted octanol–water partition coefficient (Wildman–Crippen LogP) is 2.19. The quantitative estimate of drug-likeness (QED) is 0.909. The number of carbonyl (C=O) groups is 1. The third kappa shape index (κ3) is 3.29. The van der Waals surface area contributed by atoms with Gasteiger partial charge in [0, 0.05) is 23.9 Å². The lowest BCUT2D eigenvalue weighted by Gasteiger charge is -2.40. The van der Waals surface area contributed by atoms with Crippen LogP contribution in [-0.2, 0) is 10.2 Å². The Balaban J connectivity index is 1.88. The van der Waals surface area contributed by atoms with E-state index in [-0.39, 0.29) is 22.8 Å². The van der Waals surface area contributed by atoms with Crippen LogP contribution in [0.5, 0.6) is 0 Å². The maximum Gasteiger partial charge on any atom is 0.225 e. The summed E-state index contributed by atoms with van der Waals surface area (Å²) in [4.78, 5) is 14.1. The fourth-order valence-corrected chi connectivity index (χ4v) is 2.69. The molecule has 0 atom stereocenters. The van der Waals surface area contributed by atoms with E-state index in [1.165, 1.54) is 0 Å². The largest absolute Gasteiger partial charge is 0.349 e. The van der Waals surface area contributed by atoms with Gasteiger partial charge in [0.05, 0.1) is 6.04 Å². The SMILES string of the molecule is CC(C)(C)C(=O)NC1CN(c2nnc(C(C)(C)C)s2)C1. The molecule has 0 spiro atoms. The fourth-order valence-electron chi connectivity index (χ4n) is 1.77. The summed E-state index contributed by atoms with van der Waals surface area (Å²) >= 11 is 1.64. The lowest BCUT2D eigenvalue weighted by Crippen LogP contribution is -2.60. The van der Waals surface area contributed by atoms with Gasteiger partial charge in [-0.25, -0.2) is 0 Å². The minimum absolute atomic E-state index is 0.0423. The van der Waals surface area contributed by atoms with Gasteiger partial charge >= 0.3 is 0 Å². The highest BCUT2D eigenvalue weighted by molar-refractivity contribution is 7.15. The standard InChI is InChI=1S/C14H24N4OS/c1-13(2,3)10(19)15-9-7-18(8-9)12-17-16-11(20-12)14(4,5)6/h9H,7-8H2,1-6H3,(H,15,19). The van der Waals surface area contributed by atoms with Crippen molar-refractivity contribution in [1.29, 1.82) is 0 Å². The highest BCUT2D eigenvalue weighted by atomic mass is 32.1. The molecule has 1 saturated heterocycles. The molecule has 112 valence electrons. The molecule has 2 heterocycles. The van der Waals surface area contributed by atoms with E-state index in [1.54, 1.807) is 11.3 Å². The van der Waals surface area contributed by atoms with Crippen LogP contribution in [0.25, 0.3) is 0 Å². The first-order valence-corrected chi connectivity index (χ1v) is 7.79. The van der Waals surface area contributed by atoms with Crippen LogP contribution in [-0.4, -0.2) is 35.2 Å². The van der Waals surface area contributed by atoms with Gasteiger partial charge in [0.25, 0.3) is 0 Å². The molecule has 0 bridgehead atoms. The predicted molar refractivity (Wildman–Crippen MR) is 82.2 cm³/mol. The monoisotopic (exact) mass is 296 g/mol. The van der Waals surface area contributed by atoms with Gasteiger partial charge in [-0.15, -0.1) is 10.2 Å². The molecule has 0 aliphatic carbocycles. The first-order valence-electron chi connectivity index (χ1n) is 6.97. The van der Waals surface area contributed by atoms with Crippen molar-refractivity contribution in [1.82, 2.24) is 15.5 Å². The van der Waals surface area contributed by atoms with Crippen molar-refractivity contribution in [3.05, 3.63) is 5.01 Å². The van der Waals surface area contributed by atoms with E-state index < -0.39 is 0 Å². The molecule has 1 aliphatic heterocycles.